The Balaban J connectivity index is 2.95. The van der Waals surface area contributed by atoms with Gasteiger partial charge in [0.05, 0.1) is 0 Å². The van der Waals surface area contributed by atoms with Crippen molar-refractivity contribution in [3.8, 4) is 0 Å². The topological polar surface area (TPSA) is 9.23 Å². The summed E-state index contributed by atoms with van der Waals surface area (Å²) in [5.74, 6) is 2.07. The van der Waals surface area contributed by atoms with Gasteiger partial charge in [0.2, 0.25) is 0 Å². The molecular formula is C13H22OS. The van der Waals surface area contributed by atoms with Crippen LogP contribution in [-0.4, -0.2) is 0 Å². The van der Waals surface area contributed by atoms with Crippen LogP contribution in [0.3, 0.4) is 0 Å². The fourth-order valence-corrected chi connectivity index (χ4v) is 2.01. The maximum atomic E-state index is 5.99. The second kappa shape index (κ2) is 3.89. The molecule has 0 saturated carbocycles. The van der Waals surface area contributed by atoms with E-state index in [1.165, 1.54) is 0 Å². The van der Waals surface area contributed by atoms with Crippen molar-refractivity contribution in [2.24, 2.45) is 10.8 Å². The Bertz CT molecular complexity index is 310. The summed E-state index contributed by atoms with van der Waals surface area (Å²) >= 11 is 4.50. The maximum absolute atomic E-state index is 5.99. The molecule has 0 amide bonds. The number of ether oxygens (including phenoxy) is 1. The Morgan fingerprint density at radius 3 is 2.00 bits per heavy atom. The van der Waals surface area contributed by atoms with Crippen LogP contribution in [0, 0.1) is 10.8 Å². The number of hydrogen-bond donors (Lipinski definition) is 1. The van der Waals surface area contributed by atoms with Crippen LogP contribution >= 0.6 is 12.6 Å². The minimum absolute atomic E-state index is 0.0296. The highest BCUT2D eigenvalue weighted by Gasteiger charge is 2.29. The maximum Gasteiger partial charge on any atom is 0.118 e. The van der Waals surface area contributed by atoms with E-state index in [9.17, 15) is 0 Å². The van der Waals surface area contributed by atoms with Gasteiger partial charge in [-0.15, -0.1) is 12.6 Å². The van der Waals surface area contributed by atoms with Gasteiger partial charge in [-0.2, -0.15) is 0 Å². The van der Waals surface area contributed by atoms with E-state index in [2.05, 4.69) is 60.2 Å². The molecule has 0 aromatic rings. The zero-order valence-electron chi connectivity index (χ0n) is 10.6. The van der Waals surface area contributed by atoms with Crippen LogP contribution in [0.25, 0.3) is 0 Å². The largest absolute Gasteiger partial charge is 0.464 e. The second-order valence-electron chi connectivity index (χ2n) is 6.15. The highest BCUT2D eigenvalue weighted by atomic mass is 32.1. The average molecular weight is 226 g/mol. The molecule has 0 fully saturated rings. The van der Waals surface area contributed by atoms with Crippen LogP contribution in [0.4, 0.5) is 0 Å². The molecule has 0 unspecified atom stereocenters. The van der Waals surface area contributed by atoms with Gasteiger partial charge in [-0.3, -0.25) is 0 Å². The summed E-state index contributed by atoms with van der Waals surface area (Å²) < 4.78 is 5.99. The lowest BCUT2D eigenvalue weighted by atomic mass is 9.88. The molecule has 0 bridgehead atoms. The fraction of sp³-hybridized carbons (Fsp3) is 0.692. The number of allylic oxidation sites excluding steroid dienone is 4. The molecule has 15 heavy (non-hydrogen) atoms. The molecule has 1 nitrogen and oxygen atoms in total. The quantitative estimate of drug-likeness (QED) is 0.597. The molecule has 0 radical (unpaired) electrons. The molecule has 0 saturated heterocycles. The van der Waals surface area contributed by atoms with E-state index in [1.54, 1.807) is 0 Å². The lowest BCUT2D eigenvalue weighted by molar-refractivity contribution is 0.156. The smallest absolute Gasteiger partial charge is 0.118 e. The van der Waals surface area contributed by atoms with E-state index in [0.29, 0.717) is 0 Å². The van der Waals surface area contributed by atoms with Gasteiger partial charge in [0.15, 0.2) is 0 Å². The van der Waals surface area contributed by atoms with Crippen molar-refractivity contribution in [3.63, 3.8) is 0 Å². The lowest BCUT2D eigenvalue weighted by Gasteiger charge is -2.33. The summed E-state index contributed by atoms with van der Waals surface area (Å²) in [6.45, 7) is 13.0. The van der Waals surface area contributed by atoms with E-state index in [0.717, 1.165) is 22.8 Å². The summed E-state index contributed by atoms with van der Waals surface area (Å²) in [6.07, 6.45) is 3.03. The van der Waals surface area contributed by atoms with Crippen LogP contribution in [0.2, 0.25) is 0 Å². The van der Waals surface area contributed by atoms with Crippen molar-refractivity contribution in [1.29, 1.82) is 0 Å². The number of thiol groups is 1. The highest BCUT2D eigenvalue weighted by Crippen LogP contribution is 2.41. The summed E-state index contributed by atoms with van der Waals surface area (Å²) in [4.78, 5) is 1.05. The van der Waals surface area contributed by atoms with Crippen molar-refractivity contribution < 1.29 is 4.74 Å². The Kier molecular flexibility index (Phi) is 3.30. The van der Waals surface area contributed by atoms with Crippen LogP contribution in [0.5, 0.6) is 0 Å². The molecule has 1 heterocycles. The zero-order valence-corrected chi connectivity index (χ0v) is 11.5. The summed E-state index contributed by atoms with van der Waals surface area (Å²) in [5, 5.41) is 0. The van der Waals surface area contributed by atoms with Crippen LogP contribution < -0.4 is 0 Å². The highest BCUT2D eigenvalue weighted by molar-refractivity contribution is 7.84. The third kappa shape index (κ3) is 3.04. The standard InChI is InChI=1S/C13H22OS/c1-12(2,3)10-8-7-9(15)11(14-10)13(4,5)6/h8,15H,7H2,1-6H3. The fourth-order valence-electron chi connectivity index (χ4n) is 1.54. The molecular weight excluding hydrogens is 204 g/mol. The molecule has 0 atom stereocenters. The first-order chi connectivity index (χ1) is 6.62. The van der Waals surface area contributed by atoms with Crippen molar-refractivity contribution in [2.75, 3.05) is 0 Å². The molecule has 0 aromatic heterocycles. The number of hydrogen-bond acceptors (Lipinski definition) is 2. The Labute approximate surface area is 99.0 Å². The van der Waals surface area contributed by atoms with Gasteiger partial charge in [0.25, 0.3) is 0 Å². The Hall–Kier alpha value is -0.370. The first-order valence-corrected chi connectivity index (χ1v) is 5.88. The third-order valence-corrected chi connectivity index (χ3v) is 2.76. The molecule has 0 aromatic carbocycles. The zero-order chi connectivity index (χ0) is 11.9. The first-order valence-electron chi connectivity index (χ1n) is 5.43. The first kappa shape index (κ1) is 12.7. The normalized spacial score (nSPS) is 18.7. The van der Waals surface area contributed by atoms with E-state index < -0.39 is 0 Å². The van der Waals surface area contributed by atoms with Crippen molar-refractivity contribution in [1.82, 2.24) is 0 Å². The third-order valence-electron chi connectivity index (χ3n) is 2.38. The predicted octanol–water partition coefficient (Wildman–Crippen LogP) is 4.52. The van der Waals surface area contributed by atoms with Crippen molar-refractivity contribution in [2.45, 2.75) is 48.0 Å². The van der Waals surface area contributed by atoms with E-state index in [-0.39, 0.29) is 10.8 Å². The van der Waals surface area contributed by atoms with Gasteiger partial charge < -0.3 is 4.74 Å². The monoisotopic (exact) mass is 226 g/mol. The summed E-state index contributed by atoms with van der Waals surface area (Å²) in [7, 11) is 0. The molecule has 1 rings (SSSR count). The van der Waals surface area contributed by atoms with Gasteiger partial charge in [0.1, 0.15) is 11.5 Å². The molecule has 0 aliphatic carbocycles. The van der Waals surface area contributed by atoms with Crippen LogP contribution in [0.1, 0.15) is 48.0 Å². The summed E-state index contributed by atoms with van der Waals surface area (Å²) in [6, 6.07) is 0. The van der Waals surface area contributed by atoms with Crippen LogP contribution in [0.15, 0.2) is 22.5 Å². The molecule has 1 aliphatic rings. The van der Waals surface area contributed by atoms with E-state index in [4.69, 9.17) is 4.74 Å². The van der Waals surface area contributed by atoms with Gasteiger partial charge in [-0.1, -0.05) is 41.5 Å². The Morgan fingerprint density at radius 2 is 1.60 bits per heavy atom. The van der Waals surface area contributed by atoms with Gasteiger partial charge in [-0.05, 0) is 6.08 Å². The van der Waals surface area contributed by atoms with Crippen molar-refractivity contribution >= 4 is 12.6 Å². The Morgan fingerprint density at radius 1 is 1.07 bits per heavy atom. The molecule has 0 spiro atoms. The number of rotatable bonds is 0. The minimum Gasteiger partial charge on any atom is -0.464 e. The predicted molar refractivity (Wildman–Crippen MR) is 68.7 cm³/mol. The molecule has 1 aliphatic heterocycles. The SMILES string of the molecule is CC(C)(C)C1=CCC(S)=C(C(C)(C)C)O1. The van der Waals surface area contributed by atoms with Gasteiger partial charge >= 0.3 is 0 Å². The minimum atomic E-state index is 0.0296. The average Bonchev–Trinajstić information content (AvgIpc) is 2.00. The van der Waals surface area contributed by atoms with Crippen molar-refractivity contribution in [3.05, 3.63) is 22.5 Å². The molecule has 0 N–H and O–H groups in total. The van der Waals surface area contributed by atoms with Gasteiger partial charge in [0, 0.05) is 22.2 Å². The molecule has 2 heteroatoms. The molecule has 86 valence electrons. The second-order valence-corrected chi connectivity index (χ2v) is 6.69. The van der Waals surface area contributed by atoms with E-state index in [1.807, 2.05) is 0 Å². The summed E-state index contributed by atoms with van der Waals surface area (Å²) in [5.41, 5.74) is 0.104. The van der Waals surface area contributed by atoms with Crippen LogP contribution in [-0.2, 0) is 4.74 Å². The van der Waals surface area contributed by atoms with E-state index >= 15 is 0 Å². The lowest BCUT2D eigenvalue weighted by Crippen LogP contribution is -2.21. The van der Waals surface area contributed by atoms with Gasteiger partial charge in [-0.25, -0.2) is 0 Å².